The smallest absolute Gasteiger partial charge is 0.233 e. The van der Waals surface area contributed by atoms with E-state index in [0.29, 0.717) is 37.5 Å². The highest BCUT2D eigenvalue weighted by molar-refractivity contribution is 6.30. The van der Waals surface area contributed by atoms with Crippen LogP contribution < -0.4 is 0 Å². The lowest BCUT2D eigenvalue weighted by Gasteiger charge is -2.44. The van der Waals surface area contributed by atoms with Crippen molar-refractivity contribution in [2.24, 2.45) is 0 Å². The highest BCUT2D eigenvalue weighted by Gasteiger charge is 2.45. The monoisotopic (exact) mass is 415 g/mol. The molecule has 1 aromatic carbocycles. The first-order valence-corrected chi connectivity index (χ1v) is 11.1. The van der Waals surface area contributed by atoms with E-state index in [1.165, 1.54) is 6.42 Å². The van der Waals surface area contributed by atoms with Crippen LogP contribution in [0.2, 0.25) is 5.02 Å². The molecule has 0 spiro atoms. The summed E-state index contributed by atoms with van der Waals surface area (Å²) in [5.41, 5.74) is -0.150. The average Bonchev–Trinajstić information content (AvgIpc) is 3.13. The van der Waals surface area contributed by atoms with Gasteiger partial charge in [-0.2, -0.15) is 0 Å². The first-order chi connectivity index (χ1) is 13.9. The fourth-order valence-electron chi connectivity index (χ4n) is 5.02. The number of carbonyl (C=O) groups is 1. The summed E-state index contributed by atoms with van der Waals surface area (Å²) in [6, 6.07) is 7.83. The Bertz CT molecular complexity index is 847. The number of halogens is 1. The minimum absolute atomic E-state index is 0.223. The molecule has 5 nitrogen and oxygen atoms in total. The van der Waals surface area contributed by atoms with Crippen molar-refractivity contribution in [1.82, 2.24) is 14.5 Å². The number of carbonyl (C=O) groups excluding carboxylic acids is 1. The van der Waals surface area contributed by atoms with Crippen LogP contribution in [0.15, 0.2) is 36.7 Å². The van der Waals surface area contributed by atoms with E-state index in [1.54, 1.807) is 6.20 Å². The third-order valence-electron chi connectivity index (χ3n) is 6.88. The van der Waals surface area contributed by atoms with Crippen LogP contribution in [-0.4, -0.2) is 44.2 Å². The average molecular weight is 416 g/mol. The number of aryl methyl sites for hydroxylation is 1. The van der Waals surface area contributed by atoms with E-state index in [1.807, 2.05) is 46.9 Å². The van der Waals surface area contributed by atoms with E-state index >= 15 is 0 Å². The van der Waals surface area contributed by atoms with Gasteiger partial charge in [0.25, 0.3) is 0 Å². The topological polar surface area (TPSA) is 58.4 Å². The molecule has 2 aliphatic rings. The third kappa shape index (κ3) is 4.08. The van der Waals surface area contributed by atoms with Crippen LogP contribution in [0.1, 0.15) is 56.3 Å². The molecular formula is C23H30ClN3O2. The molecular weight excluding hydrogens is 386 g/mol. The standard InChI is InChI=1S/C23H30ClN3O2/c1-18-25-13-16-27(18)17-22(29)11-14-26(15-12-22)21(28)23(9-3-2-4-10-23)19-5-7-20(24)8-6-19/h5-8,13,16,29H,2-4,9-12,14-15,17H2,1H3. The molecule has 6 heteroatoms. The zero-order chi connectivity index (χ0) is 20.5. The number of hydrogen-bond donors (Lipinski definition) is 1. The van der Waals surface area contributed by atoms with Crippen LogP contribution in [0.25, 0.3) is 0 Å². The minimum atomic E-state index is -0.789. The lowest BCUT2D eigenvalue weighted by Crippen LogP contribution is -2.54. The zero-order valence-corrected chi connectivity index (χ0v) is 17.9. The Morgan fingerprint density at radius 2 is 1.76 bits per heavy atom. The molecule has 1 N–H and O–H groups in total. The molecule has 0 unspecified atom stereocenters. The van der Waals surface area contributed by atoms with Crippen molar-refractivity contribution in [2.75, 3.05) is 13.1 Å². The van der Waals surface area contributed by atoms with Crippen molar-refractivity contribution in [2.45, 2.75) is 69.4 Å². The second kappa shape index (κ2) is 8.11. The van der Waals surface area contributed by atoms with Crippen LogP contribution in [0.3, 0.4) is 0 Å². The van der Waals surface area contributed by atoms with Gasteiger partial charge in [0.05, 0.1) is 17.6 Å². The van der Waals surface area contributed by atoms with Crippen molar-refractivity contribution in [1.29, 1.82) is 0 Å². The fraction of sp³-hybridized carbons (Fsp3) is 0.565. The van der Waals surface area contributed by atoms with Gasteiger partial charge in [0, 0.05) is 30.5 Å². The van der Waals surface area contributed by atoms with E-state index in [0.717, 1.165) is 37.1 Å². The van der Waals surface area contributed by atoms with Crippen molar-refractivity contribution >= 4 is 17.5 Å². The minimum Gasteiger partial charge on any atom is -0.388 e. The van der Waals surface area contributed by atoms with Crippen LogP contribution in [-0.2, 0) is 16.8 Å². The summed E-state index contributed by atoms with van der Waals surface area (Å²) < 4.78 is 1.99. The number of benzene rings is 1. The Balaban J connectivity index is 1.49. The normalized spacial score (nSPS) is 21.1. The Labute approximate surface area is 177 Å². The number of rotatable bonds is 4. The Morgan fingerprint density at radius 3 is 2.34 bits per heavy atom. The number of imidazole rings is 1. The number of likely N-dealkylation sites (tertiary alicyclic amines) is 1. The van der Waals surface area contributed by atoms with Gasteiger partial charge < -0.3 is 14.6 Å². The van der Waals surface area contributed by atoms with Gasteiger partial charge in [-0.3, -0.25) is 4.79 Å². The molecule has 1 amide bonds. The quantitative estimate of drug-likeness (QED) is 0.817. The predicted octanol–water partition coefficient (Wildman–Crippen LogP) is 4.10. The summed E-state index contributed by atoms with van der Waals surface area (Å²) in [4.78, 5) is 20.0. The Hall–Kier alpha value is -1.85. The van der Waals surface area contributed by atoms with Gasteiger partial charge in [-0.25, -0.2) is 4.98 Å². The molecule has 0 bridgehead atoms. The van der Waals surface area contributed by atoms with Crippen molar-refractivity contribution < 1.29 is 9.90 Å². The maximum atomic E-state index is 13.7. The number of nitrogens with zero attached hydrogens (tertiary/aromatic N) is 3. The number of aliphatic hydroxyl groups is 1. The number of amides is 1. The molecule has 2 heterocycles. The summed E-state index contributed by atoms with van der Waals surface area (Å²) in [7, 11) is 0. The van der Waals surface area contributed by atoms with Crippen LogP contribution in [0.5, 0.6) is 0 Å². The molecule has 1 aliphatic carbocycles. The predicted molar refractivity (Wildman–Crippen MR) is 114 cm³/mol. The number of hydrogen-bond acceptors (Lipinski definition) is 3. The number of piperidine rings is 1. The molecule has 156 valence electrons. The molecule has 0 atom stereocenters. The molecule has 0 radical (unpaired) electrons. The van der Waals surface area contributed by atoms with Crippen LogP contribution >= 0.6 is 11.6 Å². The Morgan fingerprint density at radius 1 is 1.10 bits per heavy atom. The van der Waals surface area contributed by atoms with E-state index in [9.17, 15) is 9.90 Å². The van der Waals surface area contributed by atoms with E-state index in [-0.39, 0.29) is 5.91 Å². The Kier molecular flexibility index (Phi) is 5.71. The van der Waals surface area contributed by atoms with Gasteiger partial charge >= 0.3 is 0 Å². The van der Waals surface area contributed by atoms with Crippen molar-refractivity contribution in [3.8, 4) is 0 Å². The molecule has 2 fully saturated rings. The number of aromatic nitrogens is 2. The third-order valence-corrected chi connectivity index (χ3v) is 7.13. The van der Waals surface area contributed by atoms with Gasteiger partial charge in [-0.1, -0.05) is 43.0 Å². The van der Waals surface area contributed by atoms with Crippen LogP contribution in [0.4, 0.5) is 0 Å². The maximum Gasteiger partial charge on any atom is 0.233 e. The summed E-state index contributed by atoms with van der Waals surface area (Å²) in [5, 5.41) is 11.8. The van der Waals surface area contributed by atoms with Gasteiger partial charge in [-0.15, -0.1) is 0 Å². The summed E-state index contributed by atoms with van der Waals surface area (Å²) in [6.07, 6.45) is 9.97. The summed E-state index contributed by atoms with van der Waals surface area (Å²) in [5.74, 6) is 1.13. The largest absolute Gasteiger partial charge is 0.388 e. The molecule has 1 aromatic heterocycles. The zero-order valence-electron chi connectivity index (χ0n) is 17.1. The van der Waals surface area contributed by atoms with Crippen LogP contribution in [0, 0.1) is 6.92 Å². The van der Waals surface area contributed by atoms with Gasteiger partial charge in [0.1, 0.15) is 5.82 Å². The van der Waals surface area contributed by atoms with E-state index in [4.69, 9.17) is 11.6 Å². The highest BCUT2D eigenvalue weighted by atomic mass is 35.5. The van der Waals surface area contributed by atoms with Crippen molar-refractivity contribution in [3.05, 3.63) is 53.1 Å². The van der Waals surface area contributed by atoms with Gasteiger partial charge in [0.2, 0.25) is 5.91 Å². The van der Waals surface area contributed by atoms with E-state index in [2.05, 4.69) is 4.98 Å². The van der Waals surface area contributed by atoms with Gasteiger partial charge in [-0.05, 0) is 50.3 Å². The second-order valence-electron chi connectivity index (χ2n) is 8.77. The molecule has 29 heavy (non-hydrogen) atoms. The van der Waals surface area contributed by atoms with Gasteiger partial charge in [0.15, 0.2) is 0 Å². The molecule has 2 aromatic rings. The molecule has 1 aliphatic heterocycles. The first-order valence-electron chi connectivity index (χ1n) is 10.7. The molecule has 4 rings (SSSR count). The molecule has 1 saturated heterocycles. The first kappa shape index (κ1) is 20.4. The van der Waals surface area contributed by atoms with Crippen molar-refractivity contribution in [3.63, 3.8) is 0 Å². The highest BCUT2D eigenvalue weighted by Crippen LogP contribution is 2.42. The fourth-order valence-corrected chi connectivity index (χ4v) is 5.15. The SMILES string of the molecule is Cc1nccn1CC1(O)CCN(C(=O)C2(c3ccc(Cl)cc3)CCCCC2)CC1. The van der Waals surface area contributed by atoms with E-state index < -0.39 is 11.0 Å². The second-order valence-corrected chi connectivity index (χ2v) is 9.20. The summed E-state index contributed by atoms with van der Waals surface area (Å²) >= 11 is 6.10. The lowest BCUT2D eigenvalue weighted by atomic mass is 9.68. The molecule has 1 saturated carbocycles. The summed E-state index contributed by atoms with van der Waals surface area (Å²) in [6.45, 7) is 3.67. The maximum absolute atomic E-state index is 13.7. The lowest BCUT2D eigenvalue weighted by molar-refractivity contribution is -0.143.